The van der Waals surface area contributed by atoms with Crippen LogP contribution in [0.1, 0.15) is 49.8 Å². The van der Waals surface area contributed by atoms with E-state index in [9.17, 15) is 4.79 Å². The van der Waals surface area contributed by atoms with Gasteiger partial charge in [0.05, 0.1) is 0 Å². The summed E-state index contributed by atoms with van der Waals surface area (Å²) in [6, 6.07) is 9.56. The number of aromatic nitrogens is 3. The molecule has 0 amide bonds. The van der Waals surface area contributed by atoms with Crippen LogP contribution in [-0.4, -0.2) is 27.7 Å². The number of ether oxygens (including phenoxy) is 2. The number of hydrogen-bond donors (Lipinski definition) is 0. The number of carbonyl (C=O) groups is 1. The zero-order valence-electron chi connectivity index (χ0n) is 16.4. The summed E-state index contributed by atoms with van der Waals surface area (Å²) in [6.07, 6.45) is 2.61. The van der Waals surface area contributed by atoms with E-state index in [1.807, 2.05) is 31.2 Å². The molecule has 1 atom stereocenters. The van der Waals surface area contributed by atoms with Crippen molar-refractivity contribution in [1.82, 2.24) is 15.1 Å². The van der Waals surface area contributed by atoms with Crippen molar-refractivity contribution in [3.63, 3.8) is 0 Å². The summed E-state index contributed by atoms with van der Waals surface area (Å²) in [7, 11) is 0. The van der Waals surface area contributed by atoms with E-state index in [4.69, 9.17) is 14.0 Å². The van der Waals surface area contributed by atoms with Crippen LogP contribution in [0, 0.1) is 6.92 Å². The Bertz CT molecular complexity index is 938. The first-order valence-corrected chi connectivity index (χ1v) is 9.11. The first-order chi connectivity index (χ1) is 13.4. The Labute approximate surface area is 163 Å². The second-order valence-corrected chi connectivity index (χ2v) is 6.81. The van der Waals surface area contributed by atoms with E-state index < -0.39 is 12.1 Å². The number of carbonyl (C=O) groups excluding carboxylic acids is 1. The van der Waals surface area contributed by atoms with Crippen LogP contribution >= 0.6 is 0 Å². The van der Waals surface area contributed by atoms with Gasteiger partial charge in [0.2, 0.25) is 5.82 Å². The lowest BCUT2D eigenvalue weighted by Crippen LogP contribution is -2.17. The smallest absolute Gasteiger partial charge is 0.344 e. The largest absolute Gasteiger partial charge is 0.482 e. The number of nitrogens with zero attached hydrogens (tertiary/aromatic N) is 3. The highest BCUT2D eigenvalue weighted by molar-refractivity contribution is 5.71. The molecule has 0 aliphatic carbocycles. The fourth-order valence-electron chi connectivity index (χ4n) is 2.67. The van der Waals surface area contributed by atoms with Gasteiger partial charge in [-0.1, -0.05) is 31.1 Å². The molecule has 3 aromatic rings. The molecular formula is C21H23N3O4. The molecule has 0 saturated heterocycles. The predicted molar refractivity (Wildman–Crippen MR) is 103 cm³/mol. The van der Waals surface area contributed by atoms with Crippen molar-refractivity contribution < 1.29 is 18.8 Å². The molecular weight excluding hydrogens is 358 g/mol. The van der Waals surface area contributed by atoms with Gasteiger partial charge < -0.3 is 14.0 Å². The fourth-order valence-corrected chi connectivity index (χ4v) is 2.67. The maximum Gasteiger partial charge on any atom is 0.344 e. The van der Waals surface area contributed by atoms with Gasteiger partial charge in [-0.25, -0.2) is 4.79 Å². The lowest BCUT2D eigenvalue weighted by atomic mass is 10.0. The Kier molecular flexibility index (Phi) is 6.03. The topological polar surface area (TPSA) is 87.3 Å². The summed E-state index contributed by atoms with van der Waals surface area (Å²) in [6.45, 7) is 7.61. The highest BCUT2D eigenvalue weighted by atomic mass is 16.6. The lowest BCUT2D eigenvalue weighted by Gasteiger charge is -2.15. The SMILES string of the molecule is Cc1ccc(C(C)C)c(OCC(=O)OC(C)c2nc(-c3cccnc3)no2)c1. The van der Waals surface area contributed by atoms with Crippen molar-refractivity contribution in [2.45, 2.75) is 39.7 Å². The van der Waals surface area contributed by atoms with Gasteiger partial charge >= 0.3 is 5.97 Å². The van der Waals surface area contributed by atoms with E-state index in [0.717, 1.165) is 16.7 Å². The van der Waals surface area contributed by atoms with Crippen molar-refractivity contribution in [2.75, 3.05) is 6.61 Å². The van der Waals surface area contributed by atoms with Gasteiger partial charge in [0.1, 0.15) is 5.75 Å². The number of hydrogen-bond acceptors (Lipinski definition) is 7. The highest BCUT2D eigenvalue weighted by Gasteiger charge is 2.20. The molecule has 0 saturated carbocycles. The Hall–Kier alpha value is -3.22. The lowest BCUT2D eigenvalue weighted by molar-refractivity contribution is -0.152. The molecule has 7 nitrogen and oxygen atoms in total. The van der Waals surface area contributed by atoms with Gasteiger partial charge in [-0.05, 0) is 49.1 Å². The molecule has 7 heteroatoms. The van der Waals surface area contributed by atoms with Crippen LogP contribution in [0.15, 0.2) is 47.2 Å². The number of benzene rings is 1. The minimum Gasteiger partial charge on any atom is -0.482 e. The van der Waals surface area contributed by atoms with Gasteiger partial charge in [-0.15, -0.1) is 0 Å². The Morgan fingerprint density at radius 2 is 2.04 bits per heavy atom. The van der Waals surface area contributed by atoms with E-state index in [1.54, 1.807) is 25.4 Å². The molecule has 2 aromatic heterocycles. The van der Waals surface area contributed by atoms with Gasteiger partial charge in [0, 0.05) is 18.0 Å². The second-order valence-electron chi connectivity index (χ2n) is 6.81. The third-order valence-electron chi connectivity index (χ3n) is 4.15. The predicted octanol–water partition coefficient (Wildman–Crippen LogP) is 4.25. The quantitative estimate of drug-likeness (QED) is 0.565. The highest BCUT2D eigenvalue weighted by Crippen LogP contribution is 2.27. The van der Waals surface area contributed by atoms with Crippen molar-refractivity contribution in [3.8, 4) is 17.1 Å². The van der Waals surface area contributed by atoms with Crippen molar-refractivity contribution >= 4 is 5.97 Å². The van der Waals surface area contributed by atoms with Crippen LogP contribution in [0.4, 0.5) is 0 Å². The van der Waals surface area contributed by atoms with Crippen LogP contribution in [0.2, 0.25) is 0 Å². The van der Waals surface area contributed by atoms with E-state index >= 15 is 0 Å². The molecule has 0 aliphatic rings. The third kappa shape index (κ3) is 4.73. The molecule has 2 heterocycles. The van der Waals surface area contributed by atoms with Gasteiger partial charge in [-0.2, -0.15) is 4.98 Å². The first-order valence-electron chi connectivity index (χ1n) is 9.11. The molecule has 3 rings (SSSR count). The summed E-state index contributed by atoms with van der Waals surface area (Å²) in [5.41, 5.74) is 2.83. The number of rotatable bonds is 7. The zero-order chi connectivity index (χ0) is 20.1. The minimum absolute atomic E-state index is 0.197. The minimum atomic E-state index is -0.684. The van der Waals surface area contributed by atoms with Gasteiger partial charge in [0.25, 0.3) is 5.89 Å². The van der Waals surface area contributed by atoms with Crippen LogP contribution in [0.3, 0.4) is 0 Å². The number of aryl methyl sites for hydroxylation is 1. The maximum atomic E-state index is 12.2. The molecule has 1 unspecified atom stereocenters. The van der Waals surface area contributed by atoms with Gasteiger partial charge in [-0.3, -0.25) is 4.98 Å². The first kappa shape index (κ1) is 19.5. The Balaban J connectivity index is 1.60. The van der Waals surface area contributed by atoms with Crippen molar-refractivity contribution in [3.05, 3.63) is 59.7 Å². The van der Waals surface area contributed by atoms with Gasteiger partial charge in [0.15, 0.2) is 12.7 Å². The average molecular weight is 381 g/mol. The third-order valence-corrected chi connectivity index (χ3v) is 4.15. The summed E-state index contributed by atoms with van der Waals surface area (Å²) in [5.74, 6) is 1.07. The fraction of sp³-hybridized carbons (Fsp3) is 0.333. The van der Waals surface area contributed by atoms with E-state index in [0.29, 0.717) is 11.6 Å². The molecule has 0 radical (unpaired) electrons. The normalized spacial score (nSPS) is 12.0. The molecule has 0 N–H and O–H groups in total. The van der Waals surface area contributed by atoms with Crippen LogP contribution < -0.4 is 4.74 Å². The summed E-state index contributed by atoms with van der Waals surface area (Å²) < 4.78 is 16.3. The summed E-state index contributed by atoms with van der Waals surface area (Å²) >= 11 is 0. The number of pyridine rings is 1. The van der Waals surface area contributed by atoms with Crippen molar-refractivity contribution in [2.24, 2.45) is 0 Å². The molecule has 0 spiro atoms. The van der Waals surface area contributed by atoms with E-state index in [-0.39, 0.29) is 18.4 Å². The molecule has 146 valence electrons. The standard InChI is InChI=1S/C21H23N3O4/c1-13(2)17-8-7-14(3)10-18(17)26-12-19(25)27-15(4)21-23-20(24-28-21)16-6-5-9-22-11-16/h5-11,13,15H,12H2,1-4H3. The molecule has 0 bridgehead atoms. The molecule has 0 fully saturated rings. The van der Waals surface area contributed by atoms with Crippen LogP contribution in [0.25, 0.3) is 11.4 Å². The Morgan fingerprint density at radius 3 is 2.75 bits per heavy atom. The second kappa shape index (κ2) is 8.65. The van der Waals surface area contributed by atoms with E-state index in [1.165, 1.54) is 0 Å². The van der Waals surface area contributed by atoms with Crippen molar-refractivity contribution in [1.29, 1.82) is 0 Å². The van der Waals surface area contributed by atoms with Crippen LogP contribution in [0.5, 0.6) is 5.75 Å². The molecule has 28 heavy (non-hydrogen) atoms. The van der Waals surface area contributed by atoms with Crippen LogP contribution in [-0.2, 0) is 9.53 Å². The number of esters is 1. The maximum absolute atomic E-state index is 12.2. The molecule has 0 aliphatic heterocycles. The Morgan fingerprint density at radius 1 is 1.21 bits per heavy atom. The average Bonchev–Trinajstić information content (AvgIpc) is 3.17. The summed E-state index contributed by atoms with van der Waals surface area (Å²) in [5, 5.41) is 3.90. The zero-order valence-corrected chi connectivity index (χ0v) is 16.4. The monoisotopic (exact) mass is 381 g/mol. The summed E-state index contributed by atoms with van der Waals surface area (Å²) in [4.78, 5) is 20.5. The van der Waals surface area contributed by atoms with E-state index in [2.05, 4.69) is 29.0 Å². The molecule has 1 aromatic carbocycles.